The summed E-state index contributed by atoms with van der Waals surface area (Å²) < 4.78 is 108. The van der Waals surface area contributed by atoms with E-state index in [0.717, 1.165) is 25.3 Å². The number of aromatic amines is 1. The van der Waals surface area contributed by atoms with Gasteiger partial charge in [-0.25, -0.2) is 14.4 Å². The van der Waals surface area contributed by atoms with E-state index in [-0.39, 0.29) is 5.56 Å². The molecule has 15 heteroatoms. The molecule has 3 aromatic rings. The van der Waals surface area contributed by atoms with Gasteiger partial charge in [-0.1, -0.05) is 6.07 Å². The number of nitrogens with one attached hydrogen (secondary N) is 2. The first-order valence-electron chi connectivity index (χ1n) is 11.9. The monoisotopic (exact) mass is 575 g/mol. The molecule has 2 aromatic heterocycles. The summed E-state index contributed by atoms with van der Waals surface area (Å²) >= 11 is 0. The molecule has 4 rings (SSSR count). The number of rotatable bonds is 5. The number of carbonyl (C=O) groups excluding carboxylic acids is 1. The van der Waals surface area contributed by atoms with Crippen molar-refractivity contribution in [3.63, 3.8) is 0 Å². The fraction of sp³-hybridized carbons (Fsp3) is 0.360. The molecule has 1 aliphatic heterocycles. The number of anilines is 1. The number of hydrogen-bond donors (Lipinski definition) is 2. The highest BCUT2D eigenvalue weighted by molar-refractivity contribution is 5.79. The molecular weight excluding hydrogens is 554 g/mol. The minimum atomic E-state index is -5.03. The second-order valence-electron chi connectivity index (χ2n) is 9.15. The minimum absolute atomic E-state index is 0.301. The maximum absolute atomic E-state index is 15.4. The lowest BCUT2D eigenvalue weighted by molar-refractivity contribution is -0.138. The number of piperidine rings is 1. The van der Waals surface area contributed by atoms with Crippen LogP contribution in [-0.4, -0.2) is 33.9 Å². The van der Waals surface area contributed by atoms with Crippen LogP contribution in [-0.2, 0) is 23.7 Å². The van der Waals surface area contributed by atoms with Crippen molar-refractivity contribution < 1.29 is 39.9 Å². The van der Waals surface area contributed by atoms with Crippen LogP contribution in [0.2, 0.25) is 0 Å². The van der Waals surface area contributed by atoms with E-state index in [1.54, 1.807) is 4.90 Å². The van der Waals surface area contributed by atoms with E-state index in [9.17, 15) is 40.3 Å². The highest BCUT2D eigenvalue weighted by atomic mass is 19.4. The molecule has 7 nitrogen and oxygen atoms in total. The van der Waals surface area contributed by atoms with Crippen LogP contribution in [0.5, 0.6) is 0 Å². The van der Waals surface area contributed by atoms with Gasteiger partial charge in [-0.15, -0.1) is 0 Å². The SMILES string of the molecule is Cc1nc(-c2c(C(F)(F)F)ccc(CNC(=O)C3CCN(c4ccc(C(F)(F)F)cn4)CC3)c2F)[nH]c(=O)c1F. The zero-order valence-corrected chi connectivity index (χ0v) is 20.7. The van der Waals surface area contributed by atoms with Crippen LogP contribution >= 0.6 is 0 Å². The Bertz CT molecular complexity index is 1460. The van der Waals surface area contributed by atoms with Gasteiger partial charge in [-0.05, 0) is 38.0 Å². The Labute approximate surface area is 221 Å². The lowest BCUT2D eigenvalue weighted by atomic mass is 9.95. The largest absolute Gasteiger partial charge is 0.417 e. The van der Waals surface area contributed by atoms with Gasteiger partial charge in [0.05, 0.1) is 22.4 Å². The van der Waals surface area contributed by atoms with Crippen molar-refractivity contribution in [2.75, 3.05) is 18.0 Å². The third-order valence-electron chi connectivity index (χ3n) is 6.51. The molecule has 2 N–H and O–H groups in total. The third kappa shape index (κ3) is 6.07. The third-order valence-corrected chi connectivity index (χ3v) is 6.51. The summed E-state index contributed by atoms with van der Waals surface area (Å²) in [6, 6.07) is 3.56. The van der Waals surface area contributed by atoms with Gasteiger partial charge in [0.15, 0.2) is 0 Å². The van der Waals surface area contributed by atoms with Gasteiger partial charge >= 0.3 is 12.4 Å². The zero-order chi connectivity index (χ0) is 29.4. The summed E-state index contributed by atoms with van der Waals surface area (Å²) in [6.45, 7) is 1.17. The standard InChI is InChI=1S/C25H21F8N5O2/c1-12-19(26)23(40)37-21(36-12)18-16(25(31,32)33)4-2-14(20(18)27)10-35-22(39)13-6-8-38(9-7-13)17-5-3-15(11-34-17)24(28,29)30/h2-5,11,13H,6-10H2,1H3,(H,35,39)(H,36,37,40). The van der Waals surface area contributed by atoms with Gasteiger partial charge in [0.25, 0.3) is 5.56 Å². The second kappa shape index (κ2) is 10.8. The average Bonchev–Trinajstić information content (AvgIpc) is 2.89. The number of aromatic nitrogens is 3. The fourth-order valence-corrected chi connectivity index (χ4v) is 4.35. The number of alkyl halides is 6. The van der Waals surface area contributed by atoms with Crippen LogP contribution in [0, 0.1) is 24.5 Å². The molecule has 0 radical (unpaired) electrons. The van der Waals surface area contributed by atoms with E-state index < -0.39 is 76.1 Å². The molecule has 1 saturated heterocycles. The molecule has 0 saturated carbocycles. The Morgan fingerprint density at radius 3 is 2.25 bits per heavy atom. The highest BCUT2D eigenvalue weighted by Gasteiger charge is 2.37. The predicted octanol–water partition coefficient (Wildman–Crippen LogP) is 4.99. The topological polar surface area (TPSA) is 91.0 Å². The maximum Gasteiger partial charge on any atom is 0.417 e. The molecule has 1 aromatic carbocycles. The van der Waals surface area contributed by atoms with Crippen molar-refractivity contribution in [3.8, 4) is 11.4 Å². The minimum Gasteiger partial charge on any atom is -0.357 e. The first-order valence-corrected chi connectivity index (χ1v) is 11.9. The first kappa shape index (κ1) is 29.0. The summed E-state index contributed by atoms with van der Waals surface area (Å²) in [5, 5.41) is 2.49. The van der Waals surface area contributed by atoms with Gasteiger partial charge in [-0.3, -0.25) is 9.59 Å². The van der Waals surface area contributed by atoms with Crippen molar-refractivity contribution in [2.24, 2.45) is 5.92 Å². The maximum atomic E-state index is 15.4. The van der Waals surface area contributed by atoms with Crippen molar-refractivity contribution in [3.05, 3.63) is 74.8 Å². The smallest absolute Gasteiger partial charge is 0.357 e. The van der Waals surface area contributed by atoms with E-state index in [0.29, 0.717) is 37.8 Å². The Kier molecular flexibility index (Phi) is 7.85. The summed E-state index contributed by atoms with van der Waals surface area (Å²) in [5.74, 6) is -4.25. The van der Waals surface area contributed by atoms with Gasteiger partial charge in [-0.2, -0.15) is 30.7 Å². The van der Waals surface area contributed by atoms with Crippen molar-refractivity contribution in [1.82, 2.24) is 20.3 Å². The van der Waals surface area contributed by atoms with Crippen molar-refractivity contribution >= 4 is 11.7 Å². The number of H-pyrrole nitrogens is 1. The van der Waals surface area contributed by atoms with E-state index in [1.165, 1.54) is 6.07 Å². The Hall–Kier alpha value is -4.04. The van der Waals surface area contributed by atoms with Crippen LogP contribution in [0.4, 0.5) is 40.9 Å². The van der Waals surface area contributed by atoms with Crippen LogP contribution in [0.3, 0.4) is 0 Å². The molecular formula is C25H21F8N5O2. The molecule has 0 spiro atoms. The molecule has 3 heterocycles. The number of amides is 1. The normalized spacial score (nSPS) is 14.9. The van der Waals surface area contributed by atoms with Gasteiger partial charge in [0.1, 0.15) is 17.5 Å². The highest BCUT2D eigenvalue weighted by Crippen LogP contribution is 2.38. The molecule has 1 amide bonds. The number of hydrogen-bond acceptors (Lipinski definition) is 5. The van der Waals surface area contributed by atoms with Crippen LogP contribution < -0.4 is 15.8 Å². The molecule has 1 fully saturated rings. The van der Waals surface area contributed by atoms with Crippen LogP contribution in [0.25, 0.3) is 11.4 Å². The molecule has 1 aliphatic rings. The molecule has 0 bridgehead atoms. The van der Waals surface area contributed by atoms with Crippen LogP contribution in [0.1, 0.15) is 35.2 Å². The number of benzene rings is 1. The Morgan fingerprint density at radius 2 is 1.70 bits per heavy atom. The summed E-state index contributed by atoms with van der Waals surface area (Å²) in [5.41, 5.74) is -5.64. The number of nitrogens with zero attached hydrogens (tertiary/aromatic N) is 3. The zero-order valence-electron chi connectivity index (χ0n) is 20.7. The van der Waals surface area contributed by atoms with E-state index in [1.807, 2.05) is 4.98 Å². The average molecular weight is 575 g/mol. The number of pyridine rings is 1. The van der Waals surface area contributed by atoms with E-state index in [4.69, 9.17) is 0 Å². The van der Waals surface area contributed by atoms with E-state index in [2.05, 4.69) is 15.3 Å². The number of carbonyl (C=O) groups is 1. The lowest BCUT2D eigenvalue weighted by Gasteiger charge is -2.32. The predicted molar refractivity (Wildman–Crippen MR) is 126 cm³/mol. The summed E-state index contributed by atoms with van der Waals surface area (Å²) in [4.78, 5) is 35.4. The Morgan fingerprint density at radius 1 is 1.02 bits per heavy atom. The van der Waals surface area contributed by atoms with Gasteiger partial charge in [0, 0.05) is 37.3 Å². The first-order chi connectivity index (χ1) is 18.7. The quantitative estimate of drug-likeness (QED) is 0.419. The molecule has 0 unspecified atom stereocenters. The molecule has 0 atom stereocenters. The van der Waals surface area contributed by atoms with Crippen molar-refractivity contribution in [2.45, 2.75) is 38.7 Å². The second-order valence-corrected chi connectivity index (χ2v) is 9.15. The lowest BCUT2D eigenvalue weighted by Crippen LogP contribution is -2.40. The number of halogens is 8. The molecule has 214 valence electrons. The molecule has 0 aliphatic carbocycles. The fourth-order valence-electron chi connectivity index (χ4n) is 4.35. The van der Waals surface area contributed by atoms with Gasteiger partial charge in [0.2, 0.25) is 11.7 Å². The number of aryl methyl sites for hydroxylation is 1. The van der Waals surface area contributed by atoms with Crippen LogP contribution in [0.15, 0.2) is 35.3 Å². The van der Waals surface area contributed by atoms with Gasteiger partial charge < -0.3 is 15.2 Å². The van der Waals surface area contributed by atoms with Crippen molar-refractivity contribution in [1.29, 1.82) is 0 Å². The summed E-state index contributed by atoms with van der Waals surface area (Å²) in [6.07, 6.45) is -8.23. The summed E-state index contributed by atoms with van der Waals surface area (Å²) in [7, 11) is 0. The molecule has 40 heavy (non-hydrogen) atoms. The van der Waals surface area contributed by atoms with E-state index >= 15 is 4.39 Å². The Balaban J connectivity index is 1.46.